The molecule has 2 aromatic carbocycles. The lowest BCUT2D eigenvalue weighted by molar-refractivity contribution is -0.133. The summed E-state index contributed by atoms with van der Waals surface area (Å²) in [7, 11) is 1.23. The molecule has 0 radical (unpaired) electrons. The summed E-state index contributed by atoms with van der Waals surface area (Å²) < 4.78 is 6.32. The summed E-state index contributed by atoms with van der Waals surface area (Å²) in [5.74, 6) is -1.50. The number of rotatable bonds is 6. The lowest BCUT2D eigenvalue weighted by atomic mass is 9.93. The molecule has 1 aromatic heterocycles. The summed E-state index contributed by atoms with van der Waals surface area (Å²) in [5, 5.41) is 3.51. The van der Waals surface area contributed by atoms with Crippen LogP contribution in [0.5, 0.6) is 0 Å². The Morgan fingerprint density at radius 2 is 1.82 bits per heavy atom. The van der Waals surface area contributed by atoms with Crippen molar-refractivity contribution in [2.24, 2.45) is 0 Å². The Kier molecular flexibility index (Phi) is 6.20. The Labute approximate surface area is 196 Å². The number of methoxy groups -OCH3 is 1. The molecule has 0 aliphatic carbocycles. The van der Waals surface area contributed by atoms with Gasteiger partial charge in [-0.3, -0.25) is 9.59 Å². The molecular formula is C24H23ClN4O4. The Balaban J connectivity index is 1.69. The lowest BCUT2D eigenvalue weighted by Crippen LogP contribution is -2.63. The smallest absolute Gasteiger partial charge is 0.359 e. The van der Waals surface area contributed by atoms with Gasteiger partial charge in [0.05, 0.1) is 20.0 Å². The normalized spacial score (nSPS) is 17.4. The average molecular weight is 467 g/mol. The van der Waals surface area contributed by atoms with Crippen LogP contribution < -0.4 is 5.32 Å². The Bertz CT molecular complexity index is 1190. The van der Waals surface area contributed by atoms with Crippen LogP contribution in [0, 0.1) is 0 Å². The first-order valence-corrected chi connectivity index (χ1v) is 10.7. The van der Waals surface area contributed by atoms with E-state index in [9.17, 15) is 14.4 Å². The summed E-state index contributed by atoms with van der Waals surface area (Å²) >= 11 is 6.01. The van der Waals surface area contributed by atoms with Gasteiger partial charge in [-0.15, -0.1) is 0 Å². The number of carbonyl (C=O) groups excluding carboxylic acids is 3. The van der Waals surface area contributed by atoms with Gasteiger partial charge in [0.15, 0.2) is 5.69 Å². The number of halogens is 1. The van der Waals surface area contributed by atoms with E-state index >= 15 is 0 Å². The van der Waals surface area contributed by atoms with Crippen LogP contribution in [0.1, 0.15) is 39.0 Å². The lowest BCUT2D eigenvalue weighted by Gasteiger charge is -2.43. The van der Waals surface area contributed by atoms with Gasteiger partial charge in [0.2, 0.25) is 5.91 Å². The van der Waals surface area contributed by atoms with Crippen molar-refractivity contribution in [1.82, 2.24) is 19.8 Å². The molecule has 0 saturated heterocycles. The minimum absolute atomic E-state index is 0.0738. The van der Waals surface area contributed by atoms with Crippen LogP contribution in [-0.2, 0) is 29.2 Å². The van der Waals surface area contributed by atoms with Crippen LogP contribution >= 0.6 is 11.6 Å². The molecule has 0 fully saturated rings. The fourth-order valence-corrected chi connectivity index (χ4v) is 4.05. The van der Waals surface area contributed by atoms with Crippen molar-refractivity contribution in [2.45, 2.75) is 32.1 Å². The molecule has 2 heterocycles. The van der Waals surface area contributed by atoms with Gasteiger partial charge in [0, 0.05) is 18.1 Å². The van der Waals surface area contributed by atoms with Gasteiger partial charge in [-0.05, 0) is 30.2 Å². The highest BCUT2D eigenvalue weighted by molar-refractivity contribution is 6.30. The van der Waals surface area contributed by atoms with Crippen molar-refractivity contribution in [1.29, 1.82) is 0 Å². The molecule has 3 aromatic rings. The highest BCUT2D eigenvalue weighted by Gasteiger charge is 2.48. The molecule has 1 aliphatic rings. The van der Waals surface area contributed by atoms with Gasteiger partial charge in [0.25, 0.3) is 5.91 Å². The molecule has 4 rings (SSSR count). The maximum absolute atomic E-state index is 13.6. The molecule has 0 unspecified atom stereocenters. The van der Waals surface area contributed by atoms with Gasteiger partial charge < -0.3 is 19.5 Å². The van der Waals surface area contributed by atoms with Crippen molar-refractivity contribution < 1.29 is 19.1 Å². The molecule has 1 atom stereocenters. The number of nitrogens with one attached hydrogen (secondary N) is 1. The highest BCUT2D eigenvalue weighted by atomic mass is 35.5. The van der Waals surface area contributed by atoms with Crippen LogP contribution in [-0.4, -0.2) is 44.9 Å². The predicted octanol–water partition coefficient (Wildman–Crippen LogP) is 3.05. The zero-order chi connectivity index (χ0) is 23.6. The fraction of sp³-hybridized carbons (Fsp3) is 0.250. The molecule has 0 saturated carbocycles. The maximum atomic E-state index is 13.6. The Morgan fingerprint density at radius 3 is 2.48 bits per heavy atom. The van der Waals surface area contributed by atoms with E-state index in [1.165, 1.54) is 22.9 Å². The predicted molar refractivity (Wildman–Crippen MR) is 122 cm³/mol. The molecule has 2 amide bonds. The van der Waals surface area contributed by atoms with Gasteiger partial charge in [-0.1, -0.05) is 54.1 Å². The van der Waals surface area contributed by atoms with Gasteiger partial charge in [-0.25, -0.2) is 9.78 Å². The molecule has 33 heavy (non-hydrogen) atoms. The number of fused-ring (bicyclic) bond motifs is 1. The van der Waals surface area contributed by atoms with Crippen molar-refractivity contribution in [3.8, 4) is 0 Å². The number of hydrogen-bond donors (Lipinski definition) is 1. The molecule has 1 aliphatic heterocycles. The van der Waals surface area contributed by atoms with Crippen LogP contribution in [0.3, 0.4) is 0 Å². The second-order valence-electron chi connectivity index (χ2n) is 8.02. The first-order valence-electron chi connectivity index (χ1n) is 10.4. The van der Waals surface area contributed by atoms with E-state index in [2.05, 4.69) is 10.3 Å². The molecule has 170 valence electrons. The molecule has 9 heteroatoms. The molecular weight excluding hydrogens is 444 g/mol. The van der Waals surface area contributed by atoms with Crippen molar-refractivity contribution in [2.75, 3.05) is 7.11 Å². The average Bonchev–Trinajstić information content (AvgIpc) is 3.25. The molecule has 0 bridgehead atoms. The molecule has 0 spiro atoms. The van der Waals surface area contributed by atoms with E-state index in [1.807, 2.05) is 30.3 Å². The minimum atomic E-state index is -1.23. The number of ether oxygens (including phenoxy) is 1. The van der Waals surface area contributed by atoms with E-state index in [1.54, 1.807) is 31.2 Å². The van der Waals surface area contributed by atoms with Crippen molar-refractivity contribution in [3.05, 3.63) is 88.5 Å². The summed E-state index contributed by atoms with van der Waals surface area (Å²) in [6.45, 7) is 2.31. The number of benzene rings is 2. The van der Waals surface area contributed by atoms with E-state index in [0.29, 0.717) is 11.6 Å². The SMILES string of the molecule is COC(=O)c1ncn2c1C(=O)N(Cc1ccc(Cl)cc1)[C@](C)(C(=O)NCc1ccccc1)C2. The van der Waals surface area contributed by atoms with Gasteiger partial charge in [-0.2, -0.15) is 0 Å². The van der Waals surface area contributed by atoms with Gasteiger partial charge in [0.1, 0.15) is 11.2 Å². The Morgan fingerprint density at radius 1 is 1.12 bits per heavy atom. The zero-order valence-corrected chi connectivity index (χ0v) is 19.0. The van der Waals surface area contributed by atoms with Crippen molar-refractivity contribution in [3.63, 3.8) is 0 Å². The third-order valence-corrected chi connectivity index (χ3v) is 6.03. The Hall–Kier alpha value is -3.65. The largest absolute Gasteiger partial charge is 0.464 e. The third-order valence-electron chi connectivity index (χ3n) is 5.78. The number of esters is 1. The summed E-state index contributed by atoms with van der Waals surface area (Å²) in [4.78, 5) is 44.8. The first-order chi connectivity index (χ1) is 15.8. The second kappa shape index (κ2) is 9.07. The quantitative estimate of drug-likeness (QED) is 0.563. The maximum Gasteiger partial charge on any atom is 0.359 e. The number of hydrogen-bond acceptors (Lipinski definition) is 5. The molecule has 1 N–H and O–H groups in total. The van der Waals surface area contributed by atoms with Crippen LogP contribution in [0.25, 0.3) is 0 Å². The van der Waals surface area contributed by atoms with Crippen molar-refractivity contribution >= 4 is 29.4 Å². The minimum Gasteiger partial charge on any atom is -0.464 e. The monoisotopic (exact) mass is 466 g/mol. The third kappa shape index (κ3) is 4.34. The first kappa shape index (κ1) is 22.5. The van der Waals surface area contributed by atoms with E-state index in [0.717, 1.165) is 11.1 Å². The number of imidazole rings is 1. The number of amides is 2. The summed E-state index contributed by atoms with van der Waals surface area (Å²) in [6, 6.07) is 16.6. The van der Waals surface area contributed by atoms with Crippen LogP contribution in [0.15, 0.2) is 60.9 Å². The fourth-order valence-electron chi connectivity index (χ4n) is 3.92. The topological polar surface area (TPSA) is 93.5 Å². The van der Waals surface area contributed by atoms with E-state index < -0.39 is 17.4 Å². The standard InChI is InChI=1S/C24H23ClN4O4/c1-24(23(32)26-12-16-6-4-3-5-7-16)14-28-15-27-19(22(31)33-2)20(28)21(30)29(24)13-17-8-10-18(25)11-9-17/h3-11,15H,12-14H2,1-2H3,(H,26,32)/t24-/m0/s1. The number of carbonyl (C=O) groups is 3. The van der Waals surface area contributed by atoms with Gasteiger partial charge >= 0.3 is 5.97 Å². The van der Waals surface area contributed by atoms with Crippen LogP contribution in [0.2, 0.25) is 5.02 Å². The zero-order valence-electron chi connectivity index (χ0n) is 18.2. The van der Waals surface area contributed by atoms with E-state index in [4.69, 9.17) is 16.3 Å². The summed E-state index contributed by atoms with van der Waals surface area (Å²) in [5.41, 5.74) is 0.533. The molecule has 8 nitrogen and oxygen atoms in total. The number of aromatic nitrogens is 2. The number of nitrogens with zero attached hydrogens (tertiary/aromatic N) is 3. The van der Waals surface area contributed by atoms with Crippen LogP contribution in [0.4, 0.5) is 0 Å². The highest BCUT2D eigenvalue weighted by Crippen LogP contribution is 2.31. The second-order valence-corrected chi connectivity index (χ2v) is 8.46. The van der Waals surface area contributed by atoms with E-state index in [-0.39, 0.29) is 30.4 Å². The summed E-state index contributed by atoms with van der Waals surface area (Å²) in [6.07, 6.45) is 1.39.